The van der Waals surface area contributed by atoms with Gasteiger partial charge in [-0.15, -0.1) is 0 Å². The predicted octanol–water partition coefficient (Wildman–Crippen LogP) is 4.27. The van der Waals surface area contributed by atoms with Crippen LogP contribution in [0.5, 0.6) is 11.5 Å². The molecule has 1 N–H and O–H groups in total. The maximum Gasteiger partial charge on any atom is 0.256 e. The lowest BCUT2D eigenvalue weighted by Crippen LogP contribution is -2.18. The molecule has 33 heavy (non-hydrogen) atoms. The van der Waals surface area contributed by atoms with E-state index in [0.29, 0.717) is 41.5 Å². The predicted molar refractivity (Wildman–Crippen MR) is 123 cm³/mol. The summed E-state index contributed by atoms with van der Waals surface area (Å²) in [6, 6.07) is 13.8. The third-order valence-corrected chi connectivity index (χ3v) is 5.40. The molecule has 0 saturated carbocycles. The number of rotatable bonds is 5. The molecule has 2 aromatic carbocycles. The summed E-state index contributed by atoms with van der Waals surface area (Å²) in [7, 11) is 0. The van der Waals surface area contributed by atoms with Crippen molar-refractivity contribution in [2.45, 2.75) is 19.9 Å². The van der Waals surface area contributed by atoms with Gasteiger partial charge in [-0.2, -0.15) is 5.10 Å². The topological polar surface area (TPSA) is 95.3 Å². The van der Waals surface area contributed by atoms with Gasteiger partial charge in [0.15, 0.2) is 22.9 Å². The van der Waals surface area contributed by atoms with Crippen molar-refractivity contribution in [2.24, 2.45) is 0 Å². The Morgan fingerprint density at radius 3 is 2.52 bits per heavy atom. The summed E-state index contributed by atoms with van der Waals surface area (Å²) in [5.74, 6) is 0.460. The molecule has 1 amide bonds. The van der Waals surface area contributed by atoms with Crippen LogP contribution in [0.25, 0.3) is 11.0 Å². The SMILES string of the molecule is CC(C)n1ncc2cc(NC(=O)c3ccccc3C(=O)c3ccc4c(c3)OCCO4)cnc21. The minimum absolute atomic E-state index is 0.175. The van der Waals surface area contributed by atoms with E-state index in [1.165, 1.54) is 0 Å². The van der Waals surface area contributed by atoms with E-state index in [1.807, 2.05) is 24.6 Å². The number of carbonyl (C=O) groups excluding carboxylic acids is 2. The van der Waals surface area contributed by atoms with E-state index < -0.39 is 5.91 Å². The van der Waals surface area contributed by atoms with Gasteiger partial charge in [0.05, 0.1) is 23.6 Å². The molecule has 0 saturated heterocycles. The average molecular weight is 442 g/mol. The van der Waals surface area contributed by atoms with Gasteiger partial charge >= 0.3 is 0 Å². The first kappa shape index (κ1) is 20.7. The lowest BCUT2D eigenvalue weighted by atomic mass is 9.97. The molecule has 2 aromatic heterocycles. The second-order valence-corrected chi connectivity index (χ2v) is 8.01. The Morgan fingerprint density at radius 2 is 1.73 bits per heavy atom. The zero-order chi connectivity index (χ0) is 22.9. The zero-order valence-corrected chi connectivity index (χ0v) is 18.2. The van der Waals surface area contributed by atoms with Crippen molar-refractivity contribution in [3.8, 4) is 11.5 Å². The van der Waals surface area contributed by atoms with E-state index in [2.05, 4.69) is 15.4 Å². The first-order valence-corrected chi connectivity index (χ1v) is 10.7. The molecule has 166 valence electrons. The molecular formula is C25H22N4O4. The van der Waals surface area contributed by atoms with E-state index in [4.69, 9.17) is 9.47 Å². The molecule has 1 aliphatic heterocycles. The summed E-state index contributed by atoms with van der Waals surface area (Å²) in [5, 5.41) is 8.02. The summed E-state index contributed by atoms with van der Waals surface area (Å²) >= 11 is 0. The molecular weight excluding hydrogens is 420 g/mol. The number of pyridine rings is 1. The van der Waals surface area contributed by atoms with Crippen molar-refractivity contribution in [1.29, 1.82) is 0 Å². The summed E-state index contributed by atoms with van der Waals surface area (Å²) in [5.41, 5.74) is 2.27. The Morgan fingerprint density at radius 1 is 0.970 bits per heavy atom. The normalized spacial score (nSPS) is 12.7. The third-order valence-electron chi connectivity index (χ3n) is 5.40. The van der Waals surface area contributed by atoms with Gasteiger partial charge in [0.25, 0.3) is 5.91 Å². The van der Waals surface area contributed by atoms with Crippen LogP contribution in [-0.2, 0) is 0 Å². The van der Waals surface area contributed by atoms with E-state index in [0.717, 1.165) is 11.0 Å². The van der Waals surface area contributed by atoms with Gasteiger partial charge in [0.1, 0.15) is 13.2 Å². The molecule has 0 unspecified atom stereocenters. The Bertz CT molecular complexity index is 1380. The number of benzene rings is 2. The fraction of sp³-hybridized carbons (Fsp3) is 0.200. The van der Waals surface area contributed by atoms with E-state index >= 15 is 0 Å². The van der Waals surface area contributed by atoms with Gasteiger partial charge in [-0.25, -0.2) is 9.67 Å². The van der Waals surface area contributed by atoms with Gasteiger partial charge in [0, 0.05) is 22.6 Å². The van der Waals surface area contributed by atoms with Crippen molar-refractivity contribution in [3.05, 3.63) is 77.6 Å². The zero-order valence-electron chi connectivity index (χ0n) is 18.2. The molecule has 1 aliphatic rings. The first-order valence-electron chi connectivity index (χ1n) is 10.7. The average Bonchev–Trinajstić information content (AvgIpc) is 3.27. The minimum Gasteiger partial charge on any atom is -0.486 e. The third kappa shape index (κ3) is 3.91. The molecule has 0 fully saturated rings. The summed E-state index contributed by atoms with van der Waals surface area (Å²) in [6.45, 7) is 4.96. The van der Waals surface area contributed by atoms with Crippen molar-refractivity contribution in [1.82, 2.24) is 14.8 Å². The Balaban J connectivity index is 1.42. The highest BCUT2D eigenvalue weighted by molar-refractivity contribution is 6.18. The second-order valence-electron chi connectivity index (χ2n) is 8.01. The van der Waals surface area contributed by atoms with E-state index in [-0.39, 0.29) is 17.4 Å². The van der Waals surface area contributed by atoms with Crippen LogP contribution in [0.2, 0.25) is 0 Å². The highest BCUT2D eigenvalue weighted by Gasteiger charge is 2.21. The van der Waals surface area contributed by atoms with Crippen LogP contribution in [0.1, 0.15) is 46.2 Å². The number of aromatic nitrogens is 3. The second kappa shape index (κ2) is 8.38. The van der Waals surface area contributed by atoms with Crippen LogP contribution >= 0.6 is 0 Å². The van der Waals surface area contributed by atoms with Gasteiger partial charge in [-0.05, 0) is 44.2 Å². The number of nitrogens with one attached hydrogen (secondary N) is 1. The highest BCUT2D eigenvalue weighted by atomic mass is 16.6. The first-order chi connectivity index (χ1) is 16.0. The molecule has 3 heterocycles. The monoisotopic (exact) mass is 442 g/mol. The lowest BCUT2D eigenvalue weighted by molar-refractivity contribution is 0.0996. The molecule has 8 nitrogen and oxygen atoms in total. The number of hydrogen-bond donors (Lipinski definition) is 1. The Hall–Kier alpha value is -4.20. The summed E-state index contributed by atoms with van der Waals surface area (Å²) < 4.78 is 12.9. The molecule has 0 radical (unpaired) electrons. The fourth-order valence-corrected chi connectivity index (χ4v) is 3.80. The molecule has 0 bridgehead atoms. The highest BCUT2D eigenvalue weighted by Crippen LogP contribution is 2.32. The summed E-state index contributed by atoms with van der Waals surface area (Å²) in [4.78, 5) is 30.8. The summed E-state index contributed by atoms with van der Waals surface area (Å²) in [6.07, 6.45) is 3.31. The van der Waals surface area contributed by atoms with Crippen LogP contribution in [0.3, 0.4) is 0 Å². The Kier molecular flexibility index (Phi) is 5.26. The number of fused-ring (bicyclic) bond motifs is 2. The van der Waals surface area contributed by atoms with Crippen LogP contribution in [0, 0.1) is 0 Å². The van der Waals surface area contributed by atoms with Gasteiger partial charge in [0.2, 0.25) is 0 Å². The van der Waals surface area contributed by atoms with Gasteiger partial charge in [-0.1, -0.05) is 18.2 Å². The van der Waals surface area contributed by atoms with Crippen LogP contribution in [0.4, 0.5) is 5.69 Å². The van der Waals surface area contributed by atoms with Gasteiger partial charge in [-0.3, -0.25) is 9.59 Å². The molecule has 0 aliphatic carbocycles. The number of amides is 1. The van der Waals surface area contributed by atoms with E-state index in [9.17, 15) is 9.59 Å². The van der Waals surface area contributed by atoms with E-state index in [1.54, 1.807) is 54.9 Å². The quantitative estimate of drug-likeness (QED) is 0.464. The number of hydrogen-bond acceptors (Lipinski definition) is 6. The smallest absolute Gasteiger partial charge is 0.256 e. The van der Waals surface area contributed by atoms with Crippen LogP contribution < -0.4 is 14.8 Å². The molecule has 0 atom stereocenters. The number of ether oxygens (including phenoxy) is 2. The van der Waals surface area contributed by atoms with Crippen LogP contribution in [0.15, 0.2) is 60.9 Å². The van der Waals surface area contributed by atoms with Crippen molar-refractivity contribution in [2.75, 3.05) is 18.5 Å². The molecule has 4 aromatic rings. The number of anilines is 1. The molecule has 5 rings (SSSR count). The maximum absolute atomic E-state index is 13.3. The van der Waals surface area contributed by atoms with Crippen molar-refractivity contribution < 1.29 is 19.1 Å². The fourth-order valence-electron chi connectivity index (χ4n) is 3.80. The standard InChI is InChI=1S/C25H22N4O4/c1-15(2)29-24-17(13-27-29)11-18(14-26-24)28-25(31)20-6-4-3-5-19(20)23(30)16-7-8-21-22(12-16)33-10-9-32-21/h3-8,11-15H,9-10H2,1-2H3,(H,28,31). The van der Waals surface area contributed by atoms with Crippen LogP contribution in [-0.4, -0.2) is 39.7 Å². The maximum atomic E-state index is 13.3. The number of nitrogens with zero attached hydrogens (tertiary/aromatic N) is 3. The largest absolute Gasteiger partial charge is 0.486 e. The minimum atomic E-state index is -0.395. The number of ketones is 1. The lowest BCUT2D eigenvalue weighted by Gasteiger charge is -2.18. The number of carbonyl (C=O) groups is 2. The molecule has 0 spiro atoms. The van der Waals surface area contributed by atoms with Gasteiger partial charge < -0.3 is 14.8 Å². The van der Waals surface area contributed by atoms with Crippen molar-refractivity contribution in [3.63, 3.8) is 0 Å². The Labute approximate surface area is 190 Å². The van der Waals surface area contributed by atoms with Crippen molar-refractivity contribution >= 4 is 28.4 Å². The molecule has 8 heteroatoms.